The number of primary amides is 1. The third kappa shape index (κ3) is 4.39. The van der Waals surface area contributed by atoms with Gasteiger partial charge in [0.1, 0.15) is 0 Å². The number of rotatable bonds is 5. The second-order valence-corrected chi connectivity index (χ2v) is 9.05. The summed E-state index contributed by atoms with van der Waals surface area (Å²) in [4.78, 5) is 26.5. The summed E-state index contributed by atoms with van der Waals surface area (Å²) < 4.78 is 2.96. The van der Waals surface area contributed by atoms with Crippen molar-refractivity contribution in [1.29, 1.82) is 0 Å². The van der Waals surface area contributed by atoms with Crippen molar-refractivity contribution in [2.24, 2.45) is 11.7 Å². The summed E-state index contributed by atoms with van der Waals surface area (Å²) in [6.45, 7) is 1.44. The number of benzene rings is 1. The molecule has 1 unspecified atom stereocenters. The van der Waals surface area contributed by atoms with Gasteiger partial charge in [-0.25, -0.2) is 4.68 Å². The van der Waals surface area contributed by atoms with Gasteiger partial charge in [-0.3, -0.25) is 9.59 Å². The summed E-state index contributed by atoms with van der Waals surface area (Å²) in [7, 11) is 0. The molecular formula is C22H27BrN4O2. The molecule has 2 aliphatic rings. The van der Waals surface area contributed by atoms with Crippen molar-refractivity contribution >= 4 is 27.7 Å². The number of piperidine rings is 1. The molecule has 0 spiro atoms. The van der Waals surface area contributed by atoms with E-state index in [9.17, 15) is 9.59 Å². The van der Waals surface area contributed by atoms with E-state index in [4.69, 9.17) is 10.8 Å². The predicted octanol–water partition coefficient (Wildman–Crippen LogP) is 3.63. The minimum absolute atomic E-state index is 0.0284. The monoisotopic (exact) mass is 458 g/mol. The highest BCUT2D eigenvalue weighted by Crippen LogP contribution is 2.30. The molecule has 29 heavy (non-hydrogen) atoms. The zero-order chi connectivity index (χ0) is 20.4. The molecule has 1 fully saturated rings. The van der Waals surface area contributed by atoms with Gasteiger partial charge in [0.2, 0.25) is 5.91 Å². The molecule has 2 N–H and O–H groups in total. The Morgan fingerprint density at radius 3 is 2.83 bits per heavy atom. The van der Waals surface area contributed by atoms with Gasteiger partial charge < -0.3 is 10.6 Å². The van der Waals surface area contributed by atoms with Crippen LogP contribution in [0.25, 0.3) is 5.69 Å². The fourth-order valence-corrected chi connectivity index (χ4v) is 4.96. The molecule has 1 aromatic carbocycles. The second-order valence-electron chi connectivity index (χ2n) is 8.14. The molecule has 1 atom stereocenters. The quantitative estimate of drug-likeness (QED) is 0.742. The summed E-state index contributed by atoms with van der Waals surface area (Å²) in [5.74, 6) is 0.0964. The van der Waals surface area contributed by atoms with Gasteiger partial charge in [-0.1, -0.05) is 22.0 Å². The molecule has 2 aromatic rings. The molecule has 0 radical (unpaired) electrons. The molecule has 7 heteroatoms. The Morgan fingerprint density at radius 2 is 2.03 bits per heavy atom. The minimum atomic E-state index is -0.268. The van der Waals surface area contributed by atoms with E-state index in [-0.39, 0.29) is 11.8 Å². The van der Waals surface area contributed by atoms with Gasteiger partial charge in [0.25, 0.3) is 5.91 Å². The maximum Gasteiger partial charge on any atom is 0.274 e. The van der Waals surface area contributed by atoms with Gasteiger partial charge in [-0.05, 0) is 69.1 Å². The first-order chi connectivity index (χ1) is 14.0. The first-order valence-corrected chi connectivity index (χ1v) is 11.3. The lowest BCUT2D eigenvalue weighted by Gasteiger charge is -2.32. The van der Waals surface area contributed by atoms with E-state index in [2.05, 4.69) is 15.9 Å². The minimum Gasteiger partial charge on any atom is -0.370 e. The average Bonchev–Trinajstić information content (AvgIpc) is 3.12. The van der Waals surface area contributed by atoms with Gasteiger partial charge in [0.15, 0.2) is 5.69 Å². The van der Waals surface area contributed by atoms with Crippen LogP contribution in [0.5, 0.6) is 0 Å². The van der Waals surface area contributed by atoms with Crippen LogP contribution in [0.2, 0.25) is 0 Å². The highest BCUT2D eigenvalue weighted by Gasteiger charge is 2.31. The lowest BCUT2D eigenvalue weighted by Crippen LogP contribution is -2.40. The fraction of sp³-hybridized carbons (Fsp3) is 0.500. The molecule has 0 saturated carbocycles. The number of likely N-dealkylation sites (tertiary alicyclic amines) is 1. The van der Waals surface area contributed by atoms with E-state index in [0.29, 0.717) is 24.6 Å². The lowest BCUT2D eigenvalue weighted by molar-refractivity contribution is -0.118. The van der Waals surface area contributed by atoms with Crippen LogP contribution >= 0.6 is 15.9 Å². The Bertz CT molecular complexity index is 924. The summed E-state index contributed by atoms with van der Waals surface area (Å²) >= 11 is 3.54. The van der Waals surface area contributed by atoms with Crippen molar-refractivity contribution in [2.75, 3.05) is 13.1 Å². The Morgan fingerprint density at radius 1 is 1.21 bits per heavy atom. The summed E-state index contributed by atoms with van der Waals surface area (Å²) in [5.41, 5.74) is 9.17. The number of aromatic nitrogens is 2. The van der Waals surface area contributed by atoms with Gasteiger partial charge in [0, 0.05) is 35.2 Å². The number of hydrogen-bond donors (Lipinski definition) is 1. The van der Waals surface area contributed by atoms with Gasteiger partial charge in [-0.2, -0.15) is 5.10 Å². The standard InChI is InChI=1S/C22H27BrN4O2/c23-16-6-3-7-17(13-16)27-19-9-2-1-8-18(19)21(25-27)22(29)26-12-4-5-15(14-26)10-11-20(24)28/h3,6-7,13,15H,1-2,4-5,8-12,14H2,(H2,24,28). The lowest BCUT2D eigenvalue weighted by atomic mass is 9.92. The van der Waals surface area contributed by atoms with E-state index < -0.39 is 0 Å². The van der Waals surface area contributed by atoms with E-state index in [0.717, 1.165) is 67.2 Å². The van der Waals surface area contributed by atoms with Gasteiger partial charge in [0.05, 0.1) is 5.69 Å². The zero-order valence-corrected chi connectivity index (χ0v) is 18.2. The molecule has 4 rings (SSSR count). The molecule has 154 valence electrons. The predicted molar refractivity (Wildman–Crippen MR) is 115 cm³/mol. The Hall–Kier alpha value is -2.15. The fourth-order valence-electron chi connectivity index (χ4n) is 4.57. The molecule has 0 bridgehead atoms. The van der Waals surface area contributed by atoms with E-state index in [1.165, 1.54) is 5.69 Å². The summed E-state index contributed by atoms with van der Waals surface area (Å²) in [6, 6.07) is 8.05. The number of hydrogen-bond acceptors (Lipinski definition) is 3. The smallest absolute Gasteiger partial charge is 0.274 e. The highest BCUT2D eigenvalue weighted by molar-refractivity contribution is 9.10. The van der Waals surface area contributed by atoms with Crippen LogP contribution in [0, 0.1) is 5.92 Å². The first-order valence-electron chi connectivity index (χ1n) is 10.5. The normalized spacial score (nSPS) is 19.1. The van der Waals surface area contributed by atoms with Crippen LogP contribution in [-0.4, -0.2) is 39.6 Å². The number of halogens is 1. The van der Waals surface area contributed by atoms with Crippen molar-refractivity contribution in [3.63, 3.8) is 0 Å². The molecule has 1 aromatic heterocycles. The SMILES string of the molecule is NC(=O)CCC1CCCN(C(=O)c2nn(-c3cccc(Br)c3)c3c2CCCC3)C1. The number of fused-ring (bicyclic) bond motifs is 1. The van der Waals surface area contributed by atoms with Crippen molar-refractivity contribution in [2.45, 2.75) is 51.4 Å². The zero-order valence-electron chi connectivity index (χ0n) is 16.6. The highest BCUT2D eigenvalue weighted by atomic mass is 79.9. The van der Waals surface area contributed by atoms with Crippen LogP contribution in [0.15, 0.2) is 28.7 Å². The number of nitrogens with zero attached hydrogens (tertiary/aromatic N) is 3. The van der Waals surface area contributed by atoms with Crippen molar-refractivity contribution in [1.82, 2.24) is 14.7 Å². The van der Waals surface area contributed by atoms with Crippen LogP contribution < -0.4 is 5.73 Å². The first kappa shape index (κ1) is 20.1. The van der Waals surface area contributed by atoms with E-state index in [1.807, 2.05) is 33.8 Å². The molecular weight excluding hydrogens is 432 g/mol. The number of amides is 2. The number of nitrogens with two attached hydrogens (primary N) is 1. The molecule has 6 nitrogen and oxygen atoms in total. The molecule has 1 saturated heterocycles. The maximum atomic E-state index is 13.4. The molecule has 1 aliphatic carbocycles. The van der Waals surface area contributed by atoms with Crippen LogP contribution in [0.3, 0.4) is 0 Å². The maximum absolute atomic E-state index is 13.4. The average molecular weight is 459 g/mol. The molecule has 1 aliphatic heterocycles. The second kappa shape index (κ2) is 8.69. The molecule has 2 amide bonds. The Labute approximate surface area is 179 Å². The third-order valence-corrected chi connectivity index (χ3v) is 6.53. The number of carbonyl (C=O) groups is 2. The van der Waals surface area contributed by atoms with Crippen molar-refractivity contribution in [3.8, 4) is 5.69 Å². The van der Waals surface area contributed by atoms with E-state index in [1.54, 1.807) is 0 Å². The van der Waals surface area contributed by atoms with Crippen LogP contribution in [-0.2, 0) is 17.6 Å². The summed E-state index contributed by atoms with van der Waals surface area (Å²) in [6.07, 6.45) is 7.22. The molecule has 2 heterocycles. The van der Waals surface area contributed by atoms with E-state index >= 15 is 0 Å². The summed E-state index contributed by atoms with van der Waals surface area (Å²) in [5, 5.41) is 4.81. The van der Waals surface area contributed by atoms with Gasteiger partial charge in [-0.15, -0.1) is 0 Å². The number of carbonyl (C=O) groups excluding carboxylic acids is 2. The van der Waals surface area contributed by atoms with Crippen LogP contribution in [0.4, 0.5) is 0 Å². The van der Waals surface area contributed by atoms with Crippen LogP contribution in [0.1, 0.15) is 60.3 Å². The topological polar surface area (TPSA) is 81.2 Å². The van der Waals surface area contributed by atoms with Crippen molar-refractivity contribution in [3.05, 3.63) is 45.7 Å². The Balaban J connectivity index is 1.61. The Kier molecular flexibility index (Phi) is 6.04. The van der Waals surface area contributed by atoms with Gasteiger partial charge >= 0.3 is 0 Å². The third-order valence-electron chi connectivity index (χ3n) is 6.04. The largest absolute Gasteiger partial charge is 0.370 e. The van der Waals surface area contributed by atoms with Crippen molar-refractivity contribution < 1.29 is 9.59 Å².